The van der Waals surface area contributed by atoms with Crippen molar-refractivity contribution in [3.8, 4) is 0 Å². The zero-order valence-electron chi connectivity index (χ0n) is 12.8. The van der Waals surface area contributed by atoms with Gasteiger partial charge in [-0.15, -0.1) is 0 Å². The first-order valence-corrected chi connectivity index (χ1v) is 7.16. The molecule has 1 aromatic heterocycles. The number of carbonyl (C=O) groups excluding carboxylic acids is 1. The minimum atomic E-state index is -0.0152. The van der Waals surface area contributed by atoms with Gasteiger partial charge in [0, 0.05) is 19.8 Å². The quantitative estimate of drug-likeness (QED) is 0.803. The van der Waals surface area contributed by atoms with Crippen molar-refractivity contribution in [3.63, 3.8) is 0 Å². The standard InChI is InChI=1S/C17H19N3O/c1-5-20-15-10-12(3)11(2)9-14(15)19(4)17(21)13-7-6-8-18-16(13)20/h6-10H,5H2,1-4H3. The smallest absolute Gasteiger partial charge is 0.261 e. The lowest BCUT2D eigenvalue weighted by Crippen LogP contribution is -2.25. The van der Waals surface area contributed by atoms with Gasteiger partial charge < -0.3 is 9.80 Å². The predicted octanol–water partition coefficient (Wildman–Crippen LogP) is 3.45. The van der Waals surface area contributed by atoms with Gasteiger partial charge in [-0.25, -0.2) is 4.98 Å². The van der Waals surface area contributed by atoms with E-state index in [4.69, 9.17) is 0 Å². The van der Waals surface area contributed by atoms with Crippen molar-refractivity contribution in [2.45, 2.75) is 20.8 Å². The molecular weight excluding hydrogens is 262 g/mol. The third-order valence-corrected chi connectivity index (χ3v) is 4.14. The average molecular weight is 281 g/mol. The minimum absolute atomic E-state index is 0.0152. The van der Waals surface area contributed by atoms with Crippen molar-refractivity contribution in [1.82, 2.24) is 4.98 Å². The van der Waals surface area contributed by atoms with E-state index in [1.54, 1.807) is 11.1 Å². The number of nitrogens with zero attached hydrogens (tertiary/aromatic N) is 3. The molecule has 0 N–H and O–H groups in total. The molecular formula is C17H19N3O. The van der Waals surface area contributed by atoms with Crippen LogP contribution < -0.4 is 9.80 Å². The Morgan fingerprint density at radius 2 is 1.81 bits per heavy atom. The van der Waals surface area contributed by atoms with E-state index < -0.39 is 0 Å². The molecule has 0 bridgehead atoms. The van der Waals surface area contributed by atoms with Crippen molar-refractivity contribution >= 4 is 23.1 Å². The van der Waals surface area contributed by atoms with Gasteiger partial charge in [0.05, 0.1) is 16.9 Å². The Morgan fingerprint density at radius 1 is 1.14 bits per heavy atom. The second-order valence-electron chi connectivity index (χ2n) is 5.41. The largest absolute Gasteiger partial charge is 0.324 e. The summed E-state index contributed by atoms with van der Waals surface area (Å²) in [5.41, 5.74) is 5.01. The summed E-state index contributed by atoms with van der Waals surface area (Å²) in [6.45, 7) is 7.00. The molecule has 4 heteroatoms. The molecule has 1 amide bonds. The van der Waals surface area contributed by atoms with E-state index in [2.05, 4.69) is 42.8 Å². The number of carbonyl (C=O) groups is 1. The van der Waals surface area contributed by atoms with E-state index in [9.17, 15) is 4.79 Å². The molecule has 1 aliphatic heterocycles. The molecule has 108 valence electrons. The van der Waals surface area contributed by atoms with Crippen molar-refractivity contribution in [2.75, 3.05) is 23.4 Å². The van der Waals surface area contributed by atoms with Gasteiger partial charge in [0.15, 0.2) is 0 Å². The average Bonchev–Trinajstić information content (AvgIpc) is 2.57. The number of aromatic nitrogens is 1. The molecule has 0 unspecified atom stereocenters. The van der Waals surface area contributed by atoms with E-state index >= 15 is 0 Å². The van der Waals surface area contributed by atoms with Gasteiger partial charge in [0.2, 0.25) is 0 Å². The fourth-order valence-corrected chi connectivity index (χ4v) is 2.77. The zero-order chi connectivity index (χ0) is 15.1. The molecule has 2 heterocycles. The van der Waals surface area contributed by atoms with Gasteiger partial charge >= 0.3 is 0 Å². The Morgan fingerprint density at radius 3 is 2.48 bits per heavy atom. The first-order valence-electron chi connectivity index (χ1n) is 7.16. The lowest BCUT2D eigenvalue weighted by molar-refractivity contribution is 0.0994. The highest BCUT2D eigenvalue weighted by atomic mass is 16.2. The third-order valence-electron chi connectivity index (χ3n) is 4.14. The van der Waals surface area contributed by atoms with Crippen LogP contribution in [0.15, 0.2) is 30.5 Å². The monoisotopic (exact) mass is 281 g/mol. The topological polar surface area (TPSA) is 36.4 Å². The zero-order valence-corrected chi connectivity index (χ0v) is 12.8. The number of benzene rings is 1. The number of pyridine rings is 1. The Kier molecular flexibility index (Phi) is 3.16. The number of hydrogen-bond donors (Lipinski definition) is 0. The van der Waals surface area contributed by atoms with Crippen molar-refractivity contribution in [1.29, 1.82) is 0 Å². The Balaban J connectivity index is 2.34. The number of hydrogen-bond acceptors (Lipinski definition) is 3. The molecule has 0 atom stereocenters. The maximum atomic E-state index is 12.7. The summed E-state index contributed by atoms with van der Waals surface area (Å²) in [6.07, 6.45) is 1.74. The van der Waals surface area contributed by atoms with Crippen LogP contribution in [0.5, 0.6) is 0 Å². The Labute approximate surface area is 125 Å². The highest BCUT2D eigenvalue weighted by Gasteiger charge is 2.29. The number of aryl methyl sites for hydroxylation is 2. The molecule has 0 aliphatic carbocycles. The lowest BCUT2D eigenvalue weighted by atomic mass is 10.1. The molecule has 3 rings (SSSR count). The molecule has 4 nitrogen and oxygen atoms in total. The van der Waals surface area contributed by atoms with Crippen molar-refractivity contribution < 1.29 is 4.79 Å². The highest BCUT2D eigenvalue weighted by Crippen LogP contribution is 2.40. The second-order valence-corrected chi connectivity index (χ2v) is 5.41. The minimum Gasteiger partial charge on any atom is -0.324 e. The molecule has 0 spiro atoms. The Bertz CT molecular complexity index is 724. The van der Waals surface area contributed by atoms with E-state index in [1.165, 1.54) is 11.1 Å². The number of fused-ring (bicyclic) bond motifs is 2. The summed E-state index contributed by atoms with van der Waals surface area (Å²) >= 11 is 0. The molecule has 21 heavy (non-hydrogen) atoms. The summed E-state index contributed by atoms with van der Waals surface area (Å²) < 4.78 is 0. The van der Waals surface area contributed by atoms with Crippen LogP contribution in [0.2, 0.25) is 0 Å². The van der Waals surface area contributed by atoms with Gasteiger partial charge in [-0.2, -0.15) is 0 Å². The van der Waals surface area contributed by atoms with Gasteiger partial charge in [0.25, 0.3) is 5.91 Å². The van der Waals surface area contributed by atoms with Crippen molar-refractivity contribution in [2.24, 2.45) is 0 Å². The van der Waals surface area contributed by atoms with Crippen LogP contribution in [-0.4, -0.2) is 24.5 Å². The van der Waals surface area contributed by atoms with Gasteiger partial charge in [-0.3, -0.25) is 4.79 Å². The van der Waals surface area contributed by atoms with Crippen LogP contribution in [0, 0.1) is 13.8 Å². The van der Waals surface area contributed by atoms with Crippen LogP contribution in [0.3, 0.4) is 0 Å². The first kappa shape index (κ1) is 13.6. The summed E-state index contributed by atoms with van der Waals surface area (Å²) in [5.74, 6) is 0.720. The summed E-state index contributed by atoms with van der Waals surface area (Å²) in [6, 6.07) is 7.87. The first-order chi connectivity index (χ1) is 10.0. The van der Waals surface area contributed by atoms with Crippen LogP contribution >= 0.6 is 0 Å². The maximum absolute atomic E-state index is 12.7. The van der Waals surface area contributed by atoms with Crippen molar-refractivity contribution in [3.05, 3.63) is 47.2 Å². The summed E-state index contributed by atoms with van der Waals surface area (Å²) in [7, 11) is 1.83. The van der Waals surface area contributed by atoms with E-state index in [0.29, 0.717) is 5.56 Å². The molecule has 2 aromatic rings. The van der Waals surface area contributed by atoms with Crippen LogP contribution in [0.4, 0.5) is 17.2 Å². The fraction of sp³-hybridized carbons (Fsp3) is 0.294. The predicted molar refractivity (Wildman–Crippen MR) is 85.6 cm³/mol. The second kappa shape index (κ2) is 4.88. The summed E-state index contributed by atoms with van der Waals surface area (Å²) in [4.78, 5) is 21.0. The fourth-order valence-electron chi connectivity index (χ4n) is 2.77. The summed E-state index contributed by atoms with van der Waals surface area (Å²) in [5, 5.41) is 0. The SMILES string of the molecule is CCN1c2cc(C)c(C)cc2N(C)C(=O)c2cccnc21. The normalized spacial score (nSPS) is 13.8. The Hall–Kier alpha value is -2.36. The number of anilines is 3. The van der Waals surface area contributed by atoms with E-state index in [0.717, 1.165) is 23.7 Å². The molecule has 0 saturated carbocycles. The van der Waals surface area contributed by atoms with Gasteiger partial charge in [0.1, 0.15) is 5.82 Å². The van der Waals surface area contributed by atoms with Gasteiger partial charge in [-0.05, 0) is 56.2 Å². The van der Waals surface area contributed by atoms with Crippen LogP contribution in [-0.2, 0) is 0 Å². The molecule has 1 aromatic carbocycles. The number of amides is 1. The maximum Gasteiger partial charge on any atom is 0.261 e. The van der Waals surface area contributed by atoms with E-state index in [1.807, 2.05) is 19.2 Å². The van der Waals surface area contributed by atoms with E-state index in [-0.39, 0.29) is 5.91 Å². The van der Waals surface area contributed by atoms with Crippen LogP contribution in [0.1, 0.15) is 28.4 Å². The van der Waals surface area contributed by atoms with Crippen LogP contribution in [0.25, 0.3) is 0 Å². The van der Waals surface area contributed by atoms with Gasteiger partial charge in [-0.1, -0.05) is 0 Å². The highest BCUT2D eigenvalue weighted by molar-refractivity contribution is 6.13. The molecule has 0 saturated heterocycles. The lowest BCUT2D eigenvalue weighted by Gasteiger charge is -2.25. The third kappa shape index (κ3) is 1.98. The molecule has 0 radical (unpaired) electrons. The molecule has 1 aliphatic rings. The number of rotatable bonds is 1. The molecule has 0 fully saturated rings.